The second-order valence-corrected chi connectivity index (χ2v) is 6.36. The number of carbonyl (C=O) groups is 2. The van der Waals surface area contributed by atoms with Gasteiger partial charge in [0.25, 0.3) is 5.91 Å². The van der Waals surface area contributed by atoms with Crippen LogP contribution in [-0.2, 0) is 4.74 Å². The predicted octanol–water partition coefficient (Wildman–Crippen LogP) is 1.56. The van der Waals surface area contributed by atoms with Gasteiger partial charge < -0.3 is 14.5 Å². The molecule has 1 aliphatic heterocycles. The molecule has 0 N–H and O–H groups in total. The Hall–Kier alpha value is -2.18. The molecule has 1 atom stereocenters. The third-order valence-corrected chi connectivity index (χ3v) is 3.33. The SMILES string of the molecule is C[C@@H]1CN(C(=O)c2cnccn2)CCN1C(=O)OC(C)(C)C. The van der Waals surface area contributed by atoms with Gasteiger partial charge in [0.15, 0.2) is 0 Å². The van der Waals surface area contributed by atoms with Crippen molar-refractivity contribution in [1.82, 2.24) is 19.8 Å². The molecule has 22 heavy (non-hydrogen) atoms. The summed E-state index contributed by atoms with van der Waals surface area (Å²) in [4.78, 5) is 35.8. The molecule has 7 heteroatoms. The standard InChI is InChI=1S/C15H22N4O3/c1-11-10-18(13(20)12-9-16-5-6-17-12)7-8-19(11)14(21)22-15(2,3)4/h5-6,9,11H,7-8,10H2,1-4H3/t11-/m1/s1. The van der Waals surface area contributed by atoms with Crippen LogP contribution in [0.5, 0.6) is 0 Å². The van der Waals surface area contributed by atoms with Crippen LogP contribution in [0.3, 0.4) is 0 Å². The van der Waals surface area contributed by atoms with E-state index in [9.17, 15) is 9.59 Å². The molecule has 1 fully saturated rings. The first-order chi connectivity index (χ1) is 10.3. The fourth-order valence-electron chi connectivity index (χ4n) is 2.31. The molecular weight excluding hydrogens is 284 g/mol. The van der Waals surface area contributed by atoms with E-state index < -0.39 is 5.60 Å². The van der Waals surface area contributed by atoms with Crippen molar-refractivity contribution in [2.45, 2.75) is 39.3 Å². The lowest BCUT2D eigenvalue weighted by Gasteiger charge is -2.40. The van der Waals surface area contributed by atoms with Crippen LogP contribution in [0.1, 0.15) is 38.2 Å². The van der Waals surface area contributed by atoms with Crippen molar-refractivity contribution in [1.29, 1.82) is 0 Å². The van der Waals surface area contributed by atoms with E-state index in [0.717, 1.165) is 0 Å². The number of amides is 2. The number of piperazine rings is 1. The van der Waals surface area contributed by atoms with Crippen molar-refractivity contribution in [3.8, 4) is 0 Å². The number of aromatic nitrogens is 2. The summed E-state index contributed by atoms with van der Waals surface area (Å²) in [7, 11) is 0. The fraction of sp³-hybridized carbons (Fsp3) is 0.600. The first-order valence-electron chi connectivity index (χ1n) is 7.33. The molecule has 0 radical (unpaired) electrons. The lowest BCUT2D eigenvalue weighted by atomic mass is 10.2. The number of rotatable bonds is 1. The summed E-state index contributed by atoms with van der Waals surface area (Å²) in [6, 6.07) is -0.107. The summed E-state index contributed by atoms with van der Waals surface area (Å²) in [5.41, 5.74) is -0.205. The Kier molecular flexibility index (Phi) is 4.63. The van der Waals surface area contributed by atoms with E-state index in [4.69, 9.17) is 4.74 Å². The van der Waals surface area contributed by atoms with Crippen molar-refractivity contribution in [3.05, 3.63) is 24.3 Å². The molecule has 2 heterocycles. The van der Waals surface area contributed by atoms with Crippen molar-refractivity contribution < 1.29 is 14.3 Å². The number of carbonyl (C=O) groups excluding carboxylic acids is 2. The van der Waals surface area contributed by atoms with Gasteiger partial charge in [0.1, 0.15) is 11.3 Å². The Labute approximate surface area is 130 Å². The molecular formula is C15H22N4O3. The minimum atomic E-state index is -0.524. The Morgan fingerprint density at radius 2 is 2.00 bits per heavy atom. The van der Waals surface area contributed by atoms with Crippen LogP contribution in [0.2, 0.25) is 0 Å². The Balaban J connectivity index is 1.98. The van der Waals surface area contributed by atoms with Gasteiger partial charge in [-0.1, -0.05) is 0 Å². The molecule has 7 nitrogen and oxygen atoms in total. The summed E-state index contributed by atoms with van der Waals surface area (Å²) >= 11 is 0. The fourth-order valence-corrected chi connectivity index (χ4v) is 2.31. The summed E-state index contributed by atoms with van der Waals surface area (Å²) in [6.45, 7) is 8.77. The van der Waals surface area contributed by atoms with Crippen molar-refractivity contribution in [3.63, 3.8) is 0 Å². The molecule has 2 rings (SSSR count). The van der Waals surface area contributed by atoms with E-state index in [2.05, 4.69) is 9.97 Å². The highest BCUT2D eigenvalue weighted by Gasteiger charge is 2.33. The van der Waals surface area contributed by atoms with Crippen LogP contribution in [0, 0.1) is 0 Å². The van der Waals surface area contributed by atoms with Crippen LogP contribution in [0.15, 0.2) is 18.6 Å². The average Bonchev–Trinajstić information content (AvgIpc) is 2.45. The average molecular weight is 306 g/mol. The maximum Gasteiger partial charge on any atom is 0.410 e. The monoisotopic (exact) mass is 306 g/mol. The predicted molar refractivity (Wildman–Crippen MR) is 80.3 cm³/mol. The summed E-state index contributed by atoms with van der Waals surface area (Å²) in [6.07, 6.45) is 4.13. The van der Waals surface area contributed by atoms with Crippen LogP contribution in [0.25, 0.3) is 0 Å². The van der Waals surface area contributed by atoms with Gasteiger partial charge in [0.05, 0.1) is 6.20 Å². The van der Waals surface area contributed by atoms with Gasteiger partial charge in [0, 0.05) is 38.1 Å². The van der Waals surface area contributed by atoms with Gasteiger partial charge in [-0.05, 0) is 27.7 Å². The molecule has 0 unspecified atom stereocenters. The highest BCUT2D eigenvalue weighted by atomic mass is 16.6. The van der Waals surface area contributed by atoms with Crippen molar-refractivity contribution >= 4 is 12.0 Å². The third-order valence-electron chi connectivity index (χ3n) is 3.33. The number of hydrogen-bond acceptors (Lipinski definition) is 5. The zero-order valence-corrected chi connectivity index (χ0v) is 13.4. The quantitative estimate of drug-likeness (QED) is 0.787. The molecule has 1 aromatic heterocycles. The summed E-state index contributed by atoms with van der Waals surface area (Å²) < 4.78 is 5.39. The molecule has 1 aliphatic rings. The van der Waals surface area contributed by atoms with Gasteiger partial charge in [0.2, 0.25) is 0 Å². The Morgan fingerprint density at radius 3 is 2.55 bits per heavy atom. The molecule has 0 saturated carbocycles. The van der Waals surface area contributed by atoms with Crippen LogP contribution in [-0.4, -0.2) is 63.0 Å². The maximum atomic E-state index is 12.3. The minimum Gasteiger partial charge on any atom is -0.444 e. The third kappa shape index (κ3) is 3.93. The van der Waals surface area contributed by atoms with E-state index in [1.807, 2.05) is 27.7 Å². The maximum absolute atomic E-state index is 12.3. The van der Waals surface area contributed by atoms with Gasteiger partial charge in [-0.2, -0.15) is 0 Å². The van der Waals surface area contributed by atoms with Crippen LogP contribution < -0.4 is 0 Å². The normalized spacial score (nSPS) is 19.0. The van der Waals surface area contributed by atoms with Crippen LogP contribution >= 0.6 is 0 Å². The molecule has 1 aromatic rings. The molecule has 0 aliphatic carbocycles. The van der Waals surface area contributed by atoms with E-state index in [1.165, 1.54) is 18.6 Å². The molecule has 1 saturated heterocycles. The highest BCUT2D eigenvalue weighted by Crippen LogP contribution is 2.16. The number of hydrogen-bond donors (Lipinski definition) is 0. The first-order valence-corrected chi connectivity index (χ1v) is 7.33. The molecule has 0 spiro atoms. The van der Waals surface area contributed by atoms with E-state index in [0.29, 0.717) is 25.3 Å². The van der Waals surface area contributed by atoms with Crippen LogP contribution in [0.4, 0.5) is 4.79 Å². The minimum absolute atomic E-state index is 0.107. The number of nitrogens with zero attached hydrogens (tertiary/aromatic N) is 4. The zero-order valence-electron chi connectivity index (χ0n) is 13.4. The Morgan fingerprint density at radius 1 is 1.27 bits per heavy atom. The molecule has 120 valence electrons. The first kappa shape index (κ1) is 16.2. The van der Waals surface area contributed by atoms with Gasteiger partial charge in [-0.25, -0.2) is 9.78 Å². The highest BCUT2D eigenvalue weighted by molar-refractivity contribution is 5.92. The van der Waals surface area contributed by atoms with Gasteiger partial charge in [-0.15, -0.1) is 0 Å². The summed E-state index contributed by atoms with van der Waals surface area (Å²) in [5.74, 6) is -0.163. The van der Waals surface area contributed by atoms with Gasteiger partial charge >= 0.3 is 6.09 Å². The van der Waals surface area contributed by atoms with Crippen molar-refractivity contribution in [2.75, 3.05) is 19.6 Å². The van der Waals surface area contributed by atoms with E-state index in [1.54, 1.807) is 9.80 Å². The van der Waals surface area contributed by atoms with E-state index >= 15 is 0 Å². The largest absolute Gasteiger partial charge is 0.444 e. The summed E-state index contributed by atoms with van der Waals surface area (Å²) in [5, 5.41) is 0. The zero-order chi connectivity index (χ0) is 16.3. The molecule has 2 amide bonds. The second kappa shape index (κ2) is 6.29. The van der Waals surface area contributed by atoms with Crippen molar-refractivity contribution in [2.24, 2.45) is 0 Å². The number of ether oxygens (including phenoxy) is 1. The molecule has 0 aromatic carbocycles. The smallest absolute Gasteiger partial charge is 0.410 e. The second-order valence-electron chi connectivity index (χ2n) is 6.36. The molecule has 0 bridgehead atoms. The Bertz CT molecular complexity index is 541. The van der Waals surface area contributed by atoms with E-state index in [-0.39, 0.29) is 18.0 Å². The topological polar surface area (TPSA) is 75.6 Å². The van der Waals surface area contributed by atoms with Gasteiger partial charge in [-0.3, -0.25) is 9.78 Å². The lowest BCUT2D eigenvalue weighted by Crippen LogP contribution is -2.56. The lowest BCUT2D eigenvalue weighted by molar-refractivity contribution is 0.00189.